The van der Waals surface area contributed by atoms with Crippen LogP contribution in [0, 0.1) is 0 Å². The van der Waals surface area contributed by atoms with Crippen molar-refractivity contribution in [3.63, 3.8) is 0 Å². The molecule has 3 N–H and O–H groups in total. The zero-order valence-corrected chi connectivity index (χ0v) is 7.75. The largest absolute Gasteiger partial charge is 0.384 e. The van der Waals surface area contributed by atoms with Crippen LogP contribution in [0.5, 0.6) is 0 Å². The molecule has 0 unspecified atom stereocenters. The number of hydrogen-bond donors (Lipinski definition) is 2. The Morgan fingerprint density at radius 2 is 2.20 bits per heavy atom. The molecule has 15 heavy (non-hydrogen) atoms. The van der Waals surface area contributed by atoms with Gasteiger partial charge in [-0.25, -0.2) is 9.97 Å². The van der Waals surface area contributed by atoms with Gasteiger partial charge in [-0.15, -0.1) is 0 Å². The normalized spacial score (nSPS) is 10.9. The minimum atomic E-state index is 0.472. The summed E-state index contributed by atoms with van der Waals surface area (Å²) >= 11 is 0. The highest BCUT2D eigenvalue weighted by Gasteiger charge is 2.07. The summed E-state index contributed by atoms with van der Waals surface area (Å²) in [4.78, 5) is 8.42. The lowest BCUT2D eigenvalue weighted by molar-refractivity contribution is 0.966. The number of hydrogen-bond acceptors (Lipinski definition) is 4. The molecule has 6 heteroatoms. The van der Waals surface area contributed by atoms with E-state index in [2.05, 4.69) is 20.2 Å². The Labute approximate surface area is 84.8 Å². The number of anilines is 1. The maximum Gasteiger partial charge on any atom is 0.168 e. The van der Waals surface area contributed by atoms with Crippen molar-refractivity contribution >= 4 is 17.0 Å². The lowest BCUT2D eigenvalue weighted by Crippen LogP contribution is -1.96. The van der Waals surface area contributed by atoms with E-state index in [1.165, 1.54) is 0 Å². The molecule has 3 heterocycles. The minimum absolute atomic E-state index is 0.472. The number of nitrogens with zero attached hydrogens (tertiary/aromatic N) is 4. The number of aromatic nitrogens is 5. The van der Waals surface area contributed by atoms with Crippen molar-refractivity contribution in [2.75, 3.05) is 5.73 Å². The van der Waals surface area contributed by atoms with E-state index in [4.69, 9.17) is 5.73 Å². The van der Waals surface area contributed by atoms with Crippen LogP contribution in [-0.4, -0.2) is 24.7 Å². The lowest BCUT2D eigenvalue weighted by Gasteiger charge is -1.98. The van der Waals surface area contributed by atoms with Crippen LogP contribution in [0.4, 0.5) is 5.82 Å². The monoisotopic (exact) mass is 200 g/mol. The molecule has 0 saturated heterocycles. The second-order valence-corrected chi connectivity index (χ2v) is 3.13. The van der Waals surface area contributed by atoms with Gasteiger partial charge in [-0.2, -0.15) is 5.10 Å². The van der Waals surface area contributed by atoms with E-state index in [-0.39, 0.29) is 0 Å². The van der Waals surface area contributed by atoms with Gasteiger partial charge in [0.1, 0.15) is 17.7 Å². The molecule has 6 nitrogen and oxygen atoms in total. The predicted molar refractivity (Wildman–Crippen MR) is 55.4 cm³/mol. The molecule has 0 spiro atoms. The summed E-state index contributed by atoms with van der Waals surface area (Å²) in [6.45, 7) is 0. The second-order valence-electron chi connectivity index (χ2n) is 3.13. The number of fused-ring (bicyclic) bond motifs is 1. The summed E-state index contributed by atoms with van der Waals surface area (Å²) in [6.07, 6.45) is 3.42. The molecule has 0 fully saturated rings. The van der Waals surface area contributed by atoms with Crippen LogP contribution >= 0.6 is 0 Å². The molecular formula is C9H8N6. The molecule has 3 rings (SSSR count). The van der Waals surface area contributed by atoms with Crippen LogP contribution in [0.25, 0.3) is 17.0 Å². The van der Waals surface area contributed by atoms with E-state index >= 15 is 0 Å². The molecule has 0 saturated carbocycles. The molecule has 0 aliphatic heterocycles. The minimum Gasteiger partial charge on any atom is -0.384 e. The molecular weight excluding hydrogens is 192 g/mol. The van der Waals surface area contributed by atoms with Gasteiger partial charge in [0, 0.05) is 12.3 Å². The highest BCUT2D eigenvalue weighted by molar-refractivity contribution is 5.74. The highest BCUT2D eigenvalue weighted by atomic mass is 15.2. The van der Waals surface area contributed by atoms with Crippen LogP contribution in [0.2, 0.25) is 0 Å². The number of nitrogens with one attached hydrogen (secondary N) is 1. The first-order chi connectivity index (χ1) is 7.34. The number of rotatable bonds is 1. The van der Waals surface area contributed by atoms with Crippen LogP contribution < -0.4 is 5.73 Å². The van der Waals surface area contributed by atoms with E-state index in [9.17, 15) is 0 Å². The quantitative estimate of drug-likeness (QED) is 0.606. The molecule has 0 aliphatic rings. The van der Waals surface area contributed by atoms with Crippen LogP contribution in [0.15, 0.2) is 30.7 Å². The summed E-state index contributed by atoms with van der Waals surface area (Å²) in [6, 6.07) is 5.40. The SMILES string of the molecule is Nc1ccc2ncn(-c3cc[nH]n3)c2n1. The number of nitrogens with two attached hydrogens (primary N) is 1. The second kappa shape index (κ2) is 2.81. The number of H-pyrrole nitrogens is 1. The molecule has 0 aliphatic carbocycles. The smallest absolute Gasteiger partial charge is 0.168 e. The van der Waals surface area contributed by atoms with Crippen molar-refractivity contribution in [3.8, 4) is 5.82 Å². The molecule has 0 bridgehead atoms. The Balaban J connectivity index is 2.32. The van der Waals surface area contributed by atoms with Gasteiger partial charge in [0.15, 0.2) is 11.5 Å². The van der Waals surface area contributed by atoms with E-state index < -0.39 is 0 Å². The average molecular weight is 200 g/mol. The Morgan fingerprint density at radius 1 is 1.27 bits per heavy atom. The van der Waals surface area contributed by atoms with Crippen molar-refractivity contribution in [1.82, 2.24) is 24.7 Å². The summed E-state index contributed by atoms with van der Waals surface area (Å²) in [7, 11) is 0. The van der Waals surface area contributed by atoms with Gasteiger partial charge in [-0.05, 0) is 12.1 Å². The Bertz CT molecular complexity index is 594. The molecule has 0 amide bonds. The van der Waals surface area contributed by atoms with Crippen molar-refractivity contribution in [1.29, 1.82) is 0 Å². The molecule has 74 valence electrons. The standard InChI is InChI=1S/C9H8N6/c10-7-2-1-6-9(13-7)15(5-11-6)8-3-4-12-14-8/h1-5H,(H2,10,13)(H,12,14). The van der Waals surface area contributed by atoms with Crippen LogP contribution in [0.3, 0.4) is 0 Å². The maximum absolute atomic E-state index is 5.62. The van der Waals surface area contributed by atoms with Gasteiger partial charge >= 0.3 is 0 Å². The van der Waals surface area contributed by atoms with Gasteiger partial charge in [-0.1, -0.05) is 0 Å². The first kappa shape index (κ1) is 7.98. The number of nitrogen functional groups attached to an aromatic ring is 1. The Kier molecular flexibility index (Phi) is 1.49. The van der Waals surface area contributed by atoms with Crippen molar-refractivity contribution in [3.05, 3.63) is 30.7 Å². The summed E-state index contributed by atoms with van der Waals surface area (Å²) < 4.78 is 1.78. The molecule has 3 aromatic rings. The lowest BCUT2D eigenvalue weighted by atomic mass is 10.4. The third-order valence-corrected chi connectivity index (χ3v) is 2.15. The fourth-order valence-corrected chi connectivity index (χ4v) is 1.46. The third-order valence-electron chi connectivity index (χ3n) is 2.15. The van der Waals surface area contributed by atoms with Crippen LogP contribution in [-0.2, 0) is 0 Å². The number of imidazole rings is 1. The zero-order chi connectivity index (χ0) is 10.3. The van der Waals surface area contributed by atoms with Gasteiger partial charge in [0.2, 0.25) is 0 Å². The number of aromatic amines is 1. The highest BCUT2D eigenvalue weighted by Crippen LogP contribution is 2.15. The van der Waals surface area contributed by atoms with E-state index in [1.54, 1.807) is 23.2 Å². The van der Waals surface area contributed by atoms with Crippen molar-refractivity contribution < 1.29 is 0 Å². The molecule has 0 aromatic carbocycles. The fraction of sp³-hybridized carbons (Fsp3) is 0. The molecule has 0 radical (unpaired) electrons. The Morgan fingerprint density at radius 3 is 3.00 bits per heavy atom. The van der Waals surface area contributed by atoms with E-state index in [0.29, 0.717) is 11.5 Å². The summed E-state index contributed by atoms with van der Waals surface area (Å²) in [5, 5.41) is 6.80. The first-order valence-electron chi connectivity index (χ1n) is 4.44. The zero-order valence-electron chi connectivity index (χ0n) is 7.75. The van der Waals surface area contributed by atoms with Crippen molar-refractivity contribution in [2.45, 2.75) is 0 Å². The molecule has 0 atom stereocenters. The molecule has 3 aromatic heterocycles. The summed E-state index contributed by atoms with van der Waals surface area (Å²) in [5.74, 6) is 1.22. The first-order valence-corrected chi connectivity index (χ1v) is 4.44. The van der Waals surface area contributed by atoms with Gasteiger partial charge in [0.05, 0.1) is 0 Å². The Hall–Kier alpha value is -2.37. The van der Waals surface area contributed by atoms with E-state index in [0.717, 1.165) is 11.3 Å². The average Bonchev–Trinajstić information content (AvgIpc) is 2.83. The van der Waals surface area contributed by atoms with Crippen LogP contribution in [0.1, 0.15) is 0 Å². The third kappa shape index (κ3) is 1.15. The number of pyridine rings is 1. The maximum atomic E-state index is 5.62. The topological polar surface area (TPSA) is 85.4 Å². The van der Waals surface area contributed by atoms with Gasteiger partial charge in [0.25, 0.3) is 0 Å². The summed E-state index contributed by atoms with van der Waals surface area (Å²) in [5.41, 5.74) is 7.13. The fourth-order valence-electron chi connectivity index (χ4n) is 1.46. The van der Waals surface area contributed by atoms with E-state index in [1.807, 2.05) is 12.1 Å². The van der Waals surface area contributed by atoms with Gasteiger partial charge in [-0.3, -0.25) is 9.67 Å². The van der Waals surface area contributed by atoms with Crippen molar-refractivity contribution in [2.24, 2.45) is 0 Å². The van der Waals surface area contributed by atoms with Gasteiger partial charge < -0.3 is 5.73 Å². The predicted octanol–water partition coefficient (Wildman–Crippen LogP) is 0.726.